The first-order chi connectivity index (χ1) is 13.0. The minimum Gasteiger partial charge on any atom is -0.333 e. The zero-order valence-electron chi connectivity index (χ0n) is 13.9. The number of hydrogen-bond donors (Lipinski definition) is 1. The zero-order valence-corrected chi connectivity index (χ0v) is 15.4. The average molecular weight is 395 g/mol. The number of nitriles is 2. The van der Waals surface area contributed by atoms with Gasteiger partial charge in [0.15, 0.2) is 0 Å². The standard InChI is InChI=1S/C20H12Cl2N4O/c21-17-6-5-15(10-18(17)22)25-20(27)13(11-24)9-14-12-26(8-7-23)19-4-2-1-3-16(14)19/h1-6,9-10,12H,8H2,(H,25,27)/b13-9-. The lowest BCUT2D eigenvalue weighted by molar-refractivity contribution is -0.112. The van der Waals surface area contributed by atoms with Crippen molar-refractivity contribution >= 4 is 51.8 Å². The lowest BCUT2D eigenvalue weighted by Crippen LogP contribution is -2.13. The van der Waals surface area contributed by atoms with Gasteiger partial charge in [0.25, 0.3) is 5.91 Å². The van der Waals surface area contributed by atoms with Gasteiger partial charge in [-0.05, 0) is 30.3 Å². The van der Waals surface area contributed by atoms with Crippen LogP contribution in [-0.2, 0) is 11.3 Å². The summed E-state index contributed by atoms with van der Waals surface area (Å²) >= 11 is 11.8. The lowest BCUT2D eigenvalue weighted by Gasteiger charge is -2.05. The maximum Gasteiger partial charge on any atom is 0.266 e. The first kappa shape index (κ1) is 18.5. The predicted octanol–water partition coefficient (Wildman–Crippen LogP) is 5.02. The number of benzene rings is 2. The minimum atomic E-state index is -0.562. The van der Waals surface area contributed by atoms with E-state index >= 15 is 0 Å². The monoisotopic (exact) mass is 394 g/mol. The van der Waals surface area contributed by atoms with Crippen molar-refractivity contribution in [1.29, 1.82) is 10.5 Å². The summed E-state index contributed by atoms with van der Waals surface area (Å²) in [4.78, 5) is 12.5. The largest absolute Gasteiger partial charge is 0.333 e. The van der Waals surface area contributed by atoms with E-state index in [9.17, 15) is 10.1 Å². The van der Waals surface area contributed by atoms with E-state index in [1.807, 2.05) is 30.3 Å². The highest BCUT2D eigenvalue weighted by Crippen LogP contribution is 2.26. The summed E-state index contributed by atoms with van der Waals surface area (Å²) in [5.74, 6) is -0.562. The molecule has 0 saturated carbocycles. The van der Waals surface area contributed by atoms with Gasteiger partial charge in [-0.25, -0.2) is 0 Å². The van der Waals surface area contributed by atoms with Crippen molar-refractivity contribution in [2.24, 2.45) is 0 Å². The summed E-state index contributed by atoms with van der Waals surface area (Å²) in [6.07, 6.45) is 3.25. The van der Waals surface area contributed by atoms with Crippen molar-refractivity contribution in [3.05, 3.63) is 69.8 Å². The second kappa shape index (κ2) is 7.97. The number of halogens is 2. The minimum absolute atomic E-state index is 0.0686. The molecule has 0 fully saturated rings. The summed E-state index contributed by atoms with van der Waals surface area (Å²) in [5.41, 5.74) is 1.90. The van der Waals surface area contributed by atoms with Crippen LogP contribution in [0.5, 0.6) is 0 Å². The quantitative estimate of drug-likeness (QED) is 0.498. The molecule has 5 nitrogen and oxygen atoms in total. The number of nitrogens with zero attached hydrogens (tertiary/aromatic N) is 3. The van der Waals surface area contributed by atoms with Crippen LogP contribution in [0, 0.1) is 22.7 Å². The van der Waals surface area contributed by atoms with Crippen LogP contribution in [0.1, 0.15) is 5.56 Å². The molecule has 0 atom stereocenters. The molecule has 2 aromatic carbocycles. The molecule has 3 aromatic rings. The number of hydrogen-bond acceptors (Lipinski definition) is 3. The molecule has 0 bridgehead atoms. The summed E-state index contributed by atoms with van der Waals surface area (Å²) in [6.45, 7) is 0.172. The van der Waals surface area contributed by atoms with Gasteiger partial charge in [0.05, 0.1) is 16.1 Å². The first-order valence-electron chi connectivity index (χ1n) is 7.86. The Balaban J connectivity index is 1.96. The summed E-state index contributed by atoms with van der Waals surface area (Å²) in [6, 6.07) is 16.2. The number of rotatable bonds is 4. The van der Waals surface area contributed by atoms with E-state index < -0.39 is 5.91 Å². The topological polar surface area (TPSA) is 81.6 Å². The molecular formula is C20H12Cl2N4O. The highest BCUT2D eigenvalue weighted by atomic mass is 35.5. The van der Waals surface area contributed by atoms with Crippen molar-refractivity contribution in [2.75, 3.05) is 5.32 Å². The Morgan fingerprint density at radius 1 is 1.15 bits per heavy atom. The van der Waals surface area contributed by atoms with Crippen molar-refractivity contribution in [3.8, 4) is 12.1 Å². The van der Waals surface area contributed by atoms with Gasteiger partial charge in [0.2, 0.25) is 0 Å². The summed E-state index contributed by atoms with van der Waals surface area (Å²) in [7, 11) is 0. The third kappa shape index (κ3) is 3.96. The van der Waals surface area contributed by atoms with Gasteiger partial charge in [0.1, 0.15) is 18.2 Å². The molecule has 0 saturated heterocycles. The molecule has 0 spiro atoms. The fourth-order valence-electron chi connectivity index (χ4n) is 2.67. The first-order valence-corrected chi connectivity index (χ1v) is 8.62. The number of nitrogens with one attached hydrogen (secondary N) is 1. The number of aromatic nitrogens is 1. The molecule has 3 rings (SSSR count). The number of fused-ring (bicyclic) bond motifs is 1. The van der Waals surface area contributed by atoms with Crippen LogP contribution in [0.2, 0.25) is 10.0 Å². The van der Waals surface area contributed by atoms with Crippen molar-refractivity contribution in [3.63, 3.8) is 0 Å². The molecule has 132 valence electrons. The lowest BCUT2D eigenvalue weighted by atomic mass is 10.1. The number of carbonyl (C=O) groups is 1. The maximum atomic E-state index is 12.5. The third-order valence-corrected chi connectivity index (χ3v) is 4.64. The Hall–Kier alpha value is -3.25. The SMILES string of the molecule is N#CCn1cc(/C=C(/C#N)C(=O)Nc2ccc(Cl)c(Cl)c2)c2ccccc21. The molecule has 7 heteroatoms. The maximum absolute atomic E-state index is 12.5. The number of para-hydroxylation sites is 1. The van der Waals surface area contributed by atoms with E-state index in [2.05, 4.69) is 11.4 Å². The smallest absolute Gasteiger partial charge is 0.266 e. The van der Waals surface area contributed by atoms with Crippen LogP contribution in [0.25, 0.3) is 17.0 Å². The molecule has 1 amide bonds. The fraction of sp³-hybridized carbons (Fsp3) is 0.0500. The molecule has 0 aliphatic heterocycles. The van der Waals surface area contributed by atoms with Crippen LogP contribution in [0.3, 0.4) is 0 Å². The molecule has 0 radical (unpaired) electrons. The highest BCUT2D eigenvalue weighted by molar-refractivity contribution is 6.42. The van der Waals surface area contributed by atoms with Gasteiger partial charge in [-0.3, -0.25) is 4.79 Å². The van der Waals surface area contributed by atoms with Gasteiger partial charge in [-0.1, -0.05) is 41.4 Å². The molecule has 1 N–H and O–H groups in total. The second-order valence-electron chi connectivity index (χ2n) is 5.64. The summed E-state index contributed by atoms with van der Waals surface area (Å²) < 4.78 is 1.77. The highest BCUT2D eigenvalue weighted by Gasteiger charge is 2.13. The molecule has 0 aliphatic carbocycles. The third-order valence-electron chi connectivity index (χ3n) is 3.90. The van der Waals surface area contributed by atoms with E-state index in [-0.39, 0.29) is 12.1 Å². The van der Waals surface area contributed by atoms with Crippen LogP contribution >= 0.6 is 23.2 Å². The van der Waals surface area contributed by atoms with E-state index in [4.69, 9.17) is 28.5 Å². The Bertz CT molecular complexity index is 1150. The van der Waals surface area contributed by atoms with E-state index in [0.717, 1.165) is 10.9 Å². The normalized spacial score (nSPS) is 11.0. The Morgan fingerprint density at radius 2 is 1.93 bits per heavy atom. The molecule has 27 heavy (non-hydrogen) atoms. The molecule has 1 aromatic heterocycles. The Kier molecular flexibility index (Phi) is 5.47. The average Bonchev–Trinajstić information content (AvgIpc) is 3.01. The van der Waals surface area contributed by atoms with Crippen LogP contribution in [0.15, 0.2) is 54.2 Å². The van der Waals surface area contributed by atoms with Gasteiger partial charge in [-0.2, -0.15) is 10.5 Å². The van der Waals surface area contributed by atoms with Gasteiger partial charge >= 0.3 is 0 Å². The molecule has 0 aliphatic rings. The van der Waals surface area contributed by atoms with E-state index in [1.54, 1.807) is 22.9 Å². The zero-order chi connectivity index (χ0) is 19.4. The van der Waals surface area contributed by atoms with Crippen molar-refractivity contribution in [2.45, 2.75) is 6.54 Å². The number of carbonyl (C=O) groups excluding carboxylic acids is 1. The van der Waals surface area contributed by atoms with E-state index in [0.29, 0.717) is 21.3 Å². The van der Waals surface area contributed by atoms with Crippen molar-refractivity contribution < 1.29 is 4.79 Å². The van der Waals surface area contributed by atoms with Gasteiger partial charge in [-0.15, -0.1) is 0 Å². The second-order valence-corrected chi connectivity index (χ2v) is 6.45. The number of amides is 1. The van der Waals surface area contributed by atoms with Crippen LogP contribution in [0.4, 0.5) is 5.69 Å². The fourth-order valence-corrected chi connectivity index (χ4v) is 2.97. The Morgan fingerprint density at radius 3 is 2.63 bits per heavy atom. The molecule has 0 unspecified atom stereocenters. The van der Waals surface area contributed by atoms with E-state index in [1.165, 1.54) is 12.1 Å². The molecular weight excluding hydrogens is 383 g/mol. The van der Waals surface area contributed by atoms with Gasteiger partial charge in [0, 0.05) is 28.4 Å². The summed E-state index contributed by atoms with van der Waals surface area (Å²) in [5, 5.41) is 22.6. The van der Waals surface area contributed by atoms with Crippen LogP contribution < -0.4 is 5.32 Å². The van der Waals surface area contributed by atoms with Crippen molar-refractivity contribution in [1.82, 2.24) is 4.57 Å². The van der Waals surface area contributed by atoms with Crippen LogP contribution in [-0.4, -0.2) is 10.5 Å². The predicted molar refractivity (Wildman–Crippen MR) is 106 cm³/mol. The molecule has 1 heterocycles. The van der Waals surface area contributed by atoms with Gasteiger partial charge < -0.3 is 9.88 Å². The Labute approximate surface area is 165 Å². The number of anilines is 1.